The van der Waals surface area contributed by atoms with Crippen molar-refractivity contribution in [2.24, 2.45) is 5.73 Å². The normalized spacial score (nSPS) is 19.5. The van der Waals surface area contributed by atoms with Gasteiger partial charge in [0, 0.05) is 30.0 Å². The second-order valence-corrected chi connectivity index (χ2v) is 5.99. The predicted molar refractivity (Wildman–Crippen MR) is 92.6 cm³/mol. The zero-order valence-electron chi connectivity index (χ0n) is 14.9. The number of carbonyl (C=O) groups excluding carboxylic acids is 1. The van der Waals surface area contributed by atoms with E-state index in [1.807, 2.05) is 0 Å². The van der Waals surface area contributed by atoms with Gasteiger partial charge in [-0.05, 0) is 12.5 Å². The quantitative estimate of drug-likeness (QED) is 0.884. The Morgan fingerprint density at radius 3 is 2.38 bits per heavy atom. The molecule has 7 nitrogen and oxygen atoms in total. The SMILES string of the molecule is COc1cc(OC)c([C@@H]2C(C#N)=C(N)OC3=C2C(=O)CCC3)cc1OC. The average Bonchev–Trinajstić information content (AvgIpc) is 2.65. The maximum atomic E-state index is 12.7. The van der Waals surface area contributed by atoms with Crippen LogP contribution in [-0.4, -0.2) is 27.1 Å². The summed E-state index contributed by atoms with van der Waals surface area (Å²) < 4.78 is 21.8. The molecule has 0 saturated heterocycles. The number of hydrogen-bond acceptors (Lipinski definition) is 7. The molecule has 0 saturated carbocycles. The number of ketones is 1. The van der Waals surface area contributed by atoms with Crippen LogP contribution in [0, 0.1) is 11.3 Å². The molecule has 7 heteroatoms. The van der Waals surface area contributed by atoms with Gasteiger partial charge in [0.15, 0.2) is 17.3 Å². The predicted octanol–water partition coefficient (Wildman–Crippen LogP) is 2.53. The average molecular weight is 356 g/mol. The van der Waals surface area contributed by atoms with Gasteiger partial charge in [0.1, 0.15) is 23.2 Å². The number of nitrogens with two attached hydrogens (primary N) is 1. The Hall–Kier alpha value is -3.14. The zero-order chi connectivity index (χ0) is 18.8. The summed E-state index contributed by atoms with van der Waals surface area (Å²) in [6.45, 7) is 0. The van der Waals surface area contributed by atoms with E-state index in [0.29, 0.717) is 53.4 Å². The third-order valence-electron chi connectivity index (χ3n) is 4.65. The number of nitrogens with zero attached hydrogens (tertiary/aromatic N) is 1. The van der Waals surface area contributed by atoms with Gasteiger partial charge in [-0.1, -0.05) is 0 Å². The van der Waals surface area contributed by atoms with Crippen molar-refractivity contribution in [2.45, 2.75) is 25.2 Å². The lowest BCUT2D eigenvalue weighted by Crippen LogP contribution is -2.27. The number of carbonyl (C=O) groups is 1. The Kier molecular flexibility index (Phi) is 4.76. The summed E-state index contributed by atoms with van der Waals surface area (Å²) in [6.07, 6.45) is 1.71. The van der Waals surface area contributed by atoms with Crippen molar-refractivity contribution in [1.29, 1.82) is 5.26 Å². The Labute approximate surface area is 151 Å². The maximum Gasteiger partial charge on any atom is 0.205 e. The third-order valence-corrected chi connectivity index (χ3v) is 4.65. The molecule has 0 amide bonds. The van der Waals surface area contributed by atoms with Gasteiger partial charge in [0.05, 0.1) is 27.2 Å². The Morgan fingerprint density at radius 1 is 1.12 bits per heavy atom. The van der Waals surface area contributed by atoms with Crippen molar-refractivity contribution < 1.29 is 23.7 Å². The summed E-state index contributed by atoms with van der Waals surface area (Å²) in [5.41, 5.74) is 7.24. The zero-order valence-corrected chi connectivity index (χ0v) is 14.9. The summed E-state index contributed by atoms with van der Waals surface area (Å²) in [5, 5.41) is 9.66. The van der Waals surface area contributed by atoms with Crippen LogP contribution < -0.4 is 19.9 Å². The van der Waals surface area contributed by atoms with Gasteiger partial charge in [-0.3, -0.25) is 4.79 Å². The molecule has 3 rings (SSSR count). The van der Waals surface area contributed by atoms with E-state index in [1.165, 1.54) is 21.3 Å². The topological polar surface area (TPSA) is 104 Å². The second-order valence-electron chi connectivity index (χ2n) is 5.99. The first-order valence-electron chi connectivity index (χ1n) is 8.19. The summed E-state index contributed by atoms with van der Waals surface area (Å²) in [4.78, 5) is 12.7. The van der Waals surface area contributed by atoms with Crippen molar-refractivity contribution in [2.75, 3.05) is 21.3 Å². The van der Waals surface area contributed by atoms with E-state index in [9.17, 15) is 10.1 Å². The van der Waals surface area contributed by atoms with Crippen LogP contribution in [0.15, 0.2) is 34.9 Å². The van der Waals surface area contributed by atoms with Crippen LogP contribution in [0.1, 0.15) is 30.7 Å². The minimum Gasteiger partial charge on any atom is -0.496 e. The maximum absolute atomic E-state index is 12.7. The first-order valence-corrected chi connectivity index (χ1v) is 8.19. The van der Waals surface area contributed by atoms with Gasteiger partial charge in [-0.2, -0.15) is 5.26 Å². The summed E-state index contributed by atoms with van der Waals surface area (Å²) in [5.74, 6) is 1.26. The van der Waals surface area contributed by atoms with Crippen molar-refractivity contribution in [1.82, 2.24) is 0 Å². The van der Waals surface area contributed by atoms with Crippen molar-refractivity contribution in [3.05, 3.63) is 40.5 Å². The minimum atomic E-state index is -0.661. The number of ether oxygens (including phenoxy) is 4. The molecule has 1 aliphatic carbocycles. The lowest BCUT2D eigenvalue weighted by molar-refractivity contribution is -0.116. The van der Waals surface area contributed by atoms with Crippen LogP contribution in [0.4, 0.5) is 0 Å². The second kappa shape index (κ2) is 7.00. The molecular weight excluding hydrogens is 336 g/mol. The number of methoxy groups -OCH3 is 3. The van der Waals surface area contributed by atoms with Crippen LogP contribution in [-0.2, 0) is 9.53 Å². The highest BCUT2D eigenvalue weighted by Crippen LogP contribution is 2.48. The van der Waals surface area contributed by atoms with Gasteiger partial charge in [0.25, 0.3) is 0 Å². The fraction of sp³-hybridized carbons (Fsp3) is 0.368. The molecule has 1 aromatic carbocycles. The molecular formula is C19H20N2O5. The lowest BCUT2D eigenvalue weighted by Gasteiger charge is -2.31. The van der Waals surface area contributed by atoms with E-state index in [4.69, 9.17) is 24.7 Å². The molecule has 1 aromatic rings. The van der Waals surface area contributed by atoms with Crippen LogP contribution in [0.3, 0.4) is 0 Å². The van der Waals surface area contributed by atoms with Crippen LogP contribution in [0.2, 0.25) is 0 Å². The Balaban J connectivity index is 2.27. The molecule has 0 spiro atoms. The standard InChI is InChI=1S/C19H20N2O5/c1-23-14-8-16(25-3)15(24-2)7-10(14)17-11(9-20)19(21)26-13-6-4-5-12(22)18(13)17/h7-8,17H,4-6,21H2,1-3H3/t17-/m1/s1. The molecule has 0 radical (unpaired) electrons. The number of nitriles is 1. The van der Waals surface area contributed by atoms with Gasteiger partial charge in [0.2, 0.25) is 5.88 Å². The number of Topliss-reactive ketones (excluding diaryl/α,β-unsaturated/α-hetero) is 1. The van der Waals surface area contributed by atoms with Crippen LogP contribution in [0.25, 0.3) is 0 Å². The molecule has 2 aliphatic rings. The Bertz CT molecular complexity index is 863. The smallest absolute Gasteiger partial charge is 0.205 e. The highest BCUT2D eigenvalue weighted by molar-refractivity contribution is 5.99. The lowest BCUT2D eigenvalue weighted by atomic mass is 9.77. The van der Waals surface area contributed by atoms with Gasteiger partial charge in [-0.15, -0.1) is 0 Å². The summed E-state index contributed by atoms with van der Waals surface area (Å²) in [6, 6.07) is 5.47. The van der Waals surface area contributed by atoms with E-state index in [-0.39, 0.29) is 17.2 Å². The van der Waals surface area contributed by atoms with Crippen molar-refractivity contribution in [3.63, 3.8) is 0 Å². The first-order chi connectivity index (χ1) is 12.5. The molecule has 0 bridgehead atoms. The molecule has 1 atom stereocenters. The van der Waals surface area contributed by atoms with Gasteiger partial charge in [-0.25, -0.2) is 0 Å². The van der Waals surface area contributed by atoms with Gasteiger partial charge >= 0.3 is 0 Å². The van der Waals surface area contributed by atoms with Crippen LogP contribution >= 0.6 is 0 Å². The molecule has 0 fully saturated rings. The van der Waals surface area contributed by atoms with Gasteiger partial charge < -0.3 is 24.7 Å². The minimum absolute atomic E-state index is 0.0165. The molecule has 136 valence electrons. The number of hydrogen-bond donors (Lipinski definition) is 1. The number of allylic oxidation sites excluding steroid dienone is 3. The highest BCUT2D eigenvalue weighted by atomic mass is 16.5. The molecule has 1 heterocycles. The highest BCUT2D eigenvalue weighted by Gasteiger charge is 2.39. The Morgan fingerprint density at radius 2 is 1.77 bits per heavy atom. The molecule has 0 unspecified atom stereocenters. The van der Waals surface area contributed by atoms with Crippen LogP contribution in [0.5, 0.6) is 17.2 Å². The number of rotatable bonds is 4. The summed E-state index contributed by atoms with van der Waals surface area (Å²) >= 11 is 0. The van der Waals surface area contributed by atoms with E-state index < -0.39 is 5.92 Å². The number of benzene rings is 1. The fourth-order valence-electron chi connectivity index (χ4n) is 3.45. The molecule has 0 aromatic heterocycles. The fourth-order valence-corrected chi connectivity index (χ4v) is 3.45. The van der Waals surface area contributed by atoms with E-state index in [0.717, 1.165) is 0 Å². The largest absolute Gasteiger partial charge is 0.496 e. The molecule has 26 heavy (non-hydrogen) atoms. The van der Waals surface area contributed by atoms with E-state index >= 15 is 0 Å². The third kappa shape index (κ3) is 2.73. The van der Waals surface area contributed by atoms with E-state index in [1.54, 1.807) is 12.1 Å². The summed E-state index contributed by atoms with van der Waals surface area (Å²) in [7, 11) is 4.56. The monoisotopic (exact) mass is 356 g/mol. The van der Waals surface area contributed by atoms with Crippen molar-refractivity contribution in [3.8, 4) is 23.3 Å². The van der Waals surface area contributed by atoms with E-state index in [2.05, 4.69) is 6.07 Å². The molecule has 2 N–H and O–H groups in total. The van der Waals surface area contributed by atoms with Crippen molar-refractivity contribution >= 4 is 5.78 Å². The first kappa shape index (κ1) is 17.7. The molecule has 1 aliphatic heterocycles.